The van der Waals surface area contributed by atoms with Crippen LogP contribution in [0.4, 0.5) is 0 Å². The lowest BCUT2D eigenvalue weighted by atomic mass is 10.1. The minimum absolute atomic E-state index is 0.0552. The number of amides is 1. The number of aliphatic hydroxyl groups is 1. The molecule has 0 atom stereocenters. The summed E-state index contributed by atoms with van der Waals surface area (Å²) in [6.45, 7) is 4.88. The average Bonchev–Trinajstić information content (AvgIpc) is 2.76. The molecule has 4 nitrogen and oxygen atoms in total. The number of rotatable bonds is 6. The van der Waals surface area contributed by atoms with Crippen LogP contribution >= 0.6 is 0 Å². The summed E-state index contributed by atoms with van der Waals surface area (Å²) in [6.07, 6.45) is 2.62. The summed E-state index contributed by atoms with van der Waals surface area (Å²) >= 11 is 0. The summed E-state index contributed by atoms with van der Waals surface area (Å²) in [6, 6.07) is 6.14. The molecule has 4 heteroatoms. The number of hydrogen-bond acceptors (Lipinski definition) is 2. The van der Waals surface area contributed by atoms with Crippen LogP contribution in [0, 0.1) is 13.8 Å². The standard InChI is InChI=1S/C16H22N2O2/c1-11-6-7-14-13(10-11)12(2)15(18-14)16(20)17-8-4-3-5-9-19/h6-7,10,18-19H,3-5,8-9H2,1-2H3,(H,17,20). The molecule has 1 amide bonds. The van der Waals surface area contributed by atoms with Crippen molar-refractivity contribution in [3.63, 3.8) is 0 Å². The van der Waals surface area contributed by atoms with Gasteiger partial charge in [0.2, 0.25) is 0 Å². The number of unbranched alkanes of at least 4 members (excludes halogenated alkanes) is 2. The molecule has 0 bridgehead atoms. The number of carbonyl (C=O) groups excluding carboxylic acids is 1. The Morgan fingerprint density at radius 3 is 2.80 bits per heavy atom. The second kappa shape index (κ2) is 6.57. The van der Waals surface area contributed by atoms with E-state index in [-0.39, 0.29) is 12.5 Å². The molecule has 0 aliphatic carbocycles. The van der Waals surface area contributed by atoms with Gasteiger partial charge < -0.3 is 15.4 Å². The molecule has 0 spiro atoms. The number of H-pyrrole nitrogens is 1. The number of aliphatic hydroxyl groups excluding tert-OH is 1. The van der Waals surface area contributed by atoms with Crippen molar-refractivity contribution in [2.75, 3.05) is 13.2 Å². The van der Waals surface area contributed by atoms with Crippen molar-refractivity contribution < 1.29 is 9.90 Å². The first kappa shape index (κ1) is 14.6. The van der Waals surface area contributed by atoms with E-state index in [0.717, 1.165) is 35.7 Å². The highest BCUT2D eigenvalue weighted by molar-refractivity contribution is 6.00. The zero-order valence-electron chi connectivity index (χ0n) is 12.1. The van der Waals surface area contributed by atoms with E-state index in [2.05, 4.69) is 16.4 Å². The molecule has 1 aromatic carbocycles. The lowest BCUT2D eigenvalue weighted by Gasteiger charge is -2.04. The molecule has 0 aliphatic rings. The molecule has 0 unspecified atom stereocenters. The molecule has 0 aliphatic heterocycles. The molecule has 108 valence electrons. The van der Waals surface area contributed by atoms with E-state index in [4.69, 9.17) is 5.11 Å². The number of aromatic nitrogens is 1. The lowest BCUT2D eigenvalue weighted by molar-refractivity contribution is 0.0948. The fourth-order valence-electron chi connectivity index (χ4n) is 2.37. The Hall–Kier alpha value is -1.81. The number of benzene rings is 1. The van der Waals surface area contributed by atoms with Gasteiger partial charge in [-0.2, -0.15) is 0 Å². The van der Waals surface area contributed by atoms with Crippen LogP contribution in [-0.2, 0) is 0 Å². The molecule has 2 rings (SSSR count). The van der Waals surface area contributed by atoms with Crippen LogP contribution in [0.2, 0.25) is 0 Å². The maximum atomic E-state index is 12.2. The van der Waals surface area contributed by atoms with Gasteiger partial charge in [-0.05, 0) is 50.8 Å². The minimum Gasteiger partial charge on any atom is -0.396 e. The summed E-state index contributed by atoms with van der Waals surface area (Å²) < 4.78 is 0. The van der Waals surface area contributed by atoms with Gasteiger partial charge in [0.15, 0.2) is 0 Å². The van der Waals surface area contributed by atoms with Gasteiger partial charge in [-0.3, -0.25) is 4.79 Å². The van der Waals surface area contributed by atoms with Gasteiger partial charge in [-0.1, -0.05) is 11.6 Å². The first-order chi connectivity index (χ1) is 9.63. The number of nitrogens with one attached hydrogen (secondary N) is 2. The summed E-state index contributed by atoms with van der Waals surface area (Å²) in [4.78, 5) is 15.4. The van der Waals surface area contributed by atoms with Crippen molar-refractivity contribution in [1.82, 2.24) is 10.3 Å². The Balaban J connectivity index is 2.05. The molecule has 1 heterocycles. The molecular formula is C16H22N2O2. The summed E-state index contributed by atoms with van der Waals surface area (Å²) in [5.74, 6) is -0.0552. The van der Waals surface area contributed by atoms with E-state index in [1.165, 1.54) is 5.56 Å². The Morgan fingerprint density at radius 2 is 2.05 bits per heavy atom. The second-order valence-corrected chi connectivity index (χ2v) is 5.21. The molecule has 0 fully saturated rings. The number of aromatic amines is 1. The summed E-state index contributed by atoms with van der Waals surface area (Å²) in [7, 11) is 0. The van der Waals surface area contributed by atoms with Crippen molar-refractivity contribution in [2.45, 2.75) is 33.1 Å². The van der Waals surface area contributed by atoms with Crippen LogP contribution in [0.25, 0.3) is 10.9 Å². The Morgan fingerprint density at radius 1 is 1.25 bits per heavy atom. The normalized spacial score (nSPS) is 10.9. The van der Waals surface area contributed by atoms with Crippen LogP contribution in [0.15, 0.2) is 18.2 Å². The topological polar surface area (TPSA) is 65.1 Å². The molecule has 0 saturated heterocycles. The average molecular weight is 274 g/mol. The summed E-state index contributed by atoms with van der Waals surface area (Å²) in [5.41, 5.74) is 3.83. The highest BCUT2D eigenvalue weighted by atomic mass is 16.2. The van der Waals surface area contributed by atoms with Gasteiger partial charge >= 0.3 is 0 Å². The number of carbonyl (C=O) groups is 1. The second-order valence-electron chi connectivity index (χ2n) is 5.21. The fourth-order valence-corrected chi connectivity index (χ4v) is 2.37. The van der Waals surface area contributed by atoms with Gasteiger partial charge in [0.05, 0.1) is 0 Å². The van der Waals surface area contributed by atoms with E-state index < -0.39 is 0 Å². The van der Waals surface area contributed by atoms with Crippen LogP contribution < -0.4 is 5.32 Å². The maximum absolute atomic E-state index is 12.2. The Bertz CT molecular complexity index is 602. The third-order valence-electron chi connectivity index (χ3n) is 3.56. The zero-order valence-corrected chi connectivity index (χ0v) is 12.1. The Kier molecular flexibility index (Phi) is 4.79. The van der Waals surface area contributed by atoms with Crippen molar-refractivity contribution in [2.24, 2.45) is 0 Å². The van der Waals surface area contributed by atoms with Gasteiger partial charge in [0.25, 0.3) is 5.91 Å². The highest BCUT2D eigenvalue weighted by Gasteiger charge is 2.14. The number of hydrogen-bond donors (Lipinski definition) is 3. The highest BCUT2D eigenvalue weighted by Crippen LogP contribution is 2.22. The monoisotopic (exact) mass is 274 g/mol. The van der Waals surface area contributed by atoms with Crippen molar-refractivity contribution in [3.8, 4) is 0 Å². The molecule has 20 heavy (non-hydrogen) atoms. The van der Waals surface area contributed by atoms with E-state index in [0.29, 0.717) is 12.2 Å². The third-order valence-corrected chi connectivity index (χ3v) is 3.56. The smallest absolute Gasteiger partial charge is 0.268 e. The molecular weight excluding hydrogens is 252 g/mol. The van der Waals surface area contributed by atoms with Gasteiger partial charge in [0, 0.05) is 24.1 Å². The van der Waals surface area contributed by atoms with E-state index in [1.807, 2.05) is 26.0 Å². The van der Waals surface area contributed by atoms with E-state index >= 15 is 0 Å². The predicted octanol–water partition coefficient (Wildman–Crippen LogP) is 2.68. The van der Waals surface area contributed by atoms with Gasteiger partial charge in [-0.25, -0.2) is 0 Å². The first-order valence-corrected chi connectivity index (χ1v) is 7.11. The summed E-state index contributed by atoms with van der Waals surface area (Å²) in [5, 5.41) is 12.7. The van der Waals surface area contributed by atoms with E-state index in [1.54, 1.807) is 0 Å². The maximum Gasteiger partial charge on any atom is 0.268 e. The Labute approximate surface area is 119 Å². The van der Waals surface area contributed by atoms with Crippen LogP contribution in [-0.4, -0.2) is 29.1 Å². The lowest BCUT2D eigenvalue weighted by Crippen LogP contribution is -2.25. The van der Waals surface area contributed by atoms with Crippen LogP contribution in [0.5, 0.6) is 0 Å². The zero-order chi connectivity index (χ0) is 14.5. The quantitative estimate of drug-likeness (QED) is 0.709. The predicted molar refractivity (Wildman–Crippen MR) is 81.0 cm³/mol. The third kappa shape index (κ3) is 3.20. The van der Waals surface area contributed by atoms with Gasteiger partial charge in [-0.15, -0.1) is 0 Å². The van der Waals surface area contributed by atoms with Crippen molar-refractivity contribution in [3.05, 3.63) is 35.0 Å². The fraction of sp³-hybridized carbons (Fsp3) is 0.438. The minimum atomic E-state index is -0.0552. The van der Waals surface area contributed by atoms with Crippen LogP contribution in [0.1, 0.15) is 40.9 Å². The van der Waals surface area contributed by atoms with Gasteiger partial charge in [0.1, 0.15) is 5.69 Å². The van der Waals surface area contributed by atoms with Crippen molar-refractivity contribution in [1.29, 1.82) is 0 Å². The number of aryl methyl sites for hydroxylation is 2. The first-order valence-electron chi connectivity index (χ1n) is 7.11. The molecule has 3 N–H and O–H groups in total. The SMILES string of the molecule is Cc1ccc2[nH]c(C(=O)NCCCCCO)c(C)c2c1. The van der Waals surface area contributed by atoms with Crippen molar-refractivity contribution >= 4 is 16.8 Å². The largest absolute Gasteiger partial charge is 0.396 e. The molecule has 2 aromatic rings. The molecule has 0 saturated carbocycles. The number of fused-ring (bicyclic) bond motifs is 1. The van der Waals surface area contributed by atoms with E-state index in [9.17, 15) is 4.79 Å². The molecule has 1 aromatic heterocycles. The molecule has 0 radical (unpaired) electrons. The van der Waals surface area contributed by atoms with Crippen LogP contribution in [0.3, 0.4) is 0 Å².